The summed E-state index contributed by atoms with van der Waals surface area (Å²) in [6.45, 7) is 32.3. The summed E-state index contributed by atoms with van der Waals surface area (Å²) in [5.41, 5.74) is 19.9. The Labute approximate surface area is 341 Å². The van der Waals surface area contributed by atoms with Gasteiger partial charge in [-0.15, -0.1) is 0 Å². The van der Waals surface area contributed by atoms with Crippen LogP contribution in [0.3, 0.4) is 0 Å². The number of aryl methyl sites for hydroxylation is 8. The van der Waals surface area contributed by atoms with Gasteiger partial charge in [0.2, 0.25) is 6.71 Å². The number of halogens is 5. The van der Waals surface area contributed by atoms with Crippen LogP contribution in [0.2, 0.25) is 0 Å². The second kappa shape index (κ2) is 19.5. The van der Waals surface area contributed by atoms with E-state index in [0.717, 1.165) is 6.42 Å². The van der Waals surface area contributed by atoms with E-state index in [0.29, 0.717) is 0 Å². The zero-order chi connectivity index (χ0) is 35.4. The fraction of sp³-hybridized carbons (Fsp3) is 0.375. The van der Waals surface area contributed by atoms with Crippen LogP contribution < -0.4 is 35.2 Å². The molecule has 0 saturated carbocycles. The molecule has 0 amide bonds. The molecule has 0 radical (unpaired) electrons. The minimum Gasteiger partial charge on any atom is -0.343 e. The van der Waals surface area contributed by atoms with E-state index in [2.05, 4.69) is 201 Å². The maximum absolute atomic E-state index is 3.89. The van der Waals surface area contributed by atoms with Crippen molar-refractivity contribution in [1.82, 2.24) is 0 Å². The standard InChI is InChI=1S/C27H30BBr3.C9H10Br2.C4H9.Li/c1-13-10-16(4)25(29)19(7)22(13)28(23-14(2)11-17(5)26(30)20(23)8)24-15(3)12-18(6)27(31)21(24)9;1-5-4-6(2)9(11)7(3)8(5)10;1-3-4-2;/h10-12H,1-9H3;4H,1-3H3;1,3-4H2,2H3;/q;;-1;+1. The van der Waals surface area contributed by atoms with Crippen molar-refractivity contribution >= 4 is 103 Å². The second-order valence-electron chi connectivity index (χ2n) is 12.6. The molecule has 0 aromatic heterocycles. The predicted molar refractivity (Wildman–Crippen MR) is 226 cm³/mol. The molecule has 0 nitrogen and oxygen atoms in total. The number of unbranched alkanes of at least 4 members (excludes halogenated alkanes) is 1. The molecule has 0 heterocycles. The number of hydrogen-bond donors (Lipinski definition) is 0. The minimum absolute atomic E-state index is 0. The van der Waals surface area contributed by atoms with Gasteiger partial charge in [0, 0.05) is 22.4 Å². The molecule has 4 aromatic carbocycles. The Kier molecular flexibility index (Phi) is 18.7. The molecular weight excluding hydrogens is 898 g/mol. The first-order chi connectivity index (χ1) is 21.3. The van der Waals surface area contributed by atoms with Crippen molar-refractivity contribution in [2.24, 2.45) is 0 Å². The van der Waals surface area contributed by atoms with E-state index in [1.165, 1.54) is 112 Å². The Morgan fingerprint density at radius 3 is 0.830 bits per heavy atom. The molecule has 47 heavy (non-hydrogen) atoms. The smallest absolute Gasteiger partial charge is 0.343 e. The van der Waals surface area contributed by atoms with E-state index in [1.807, 2.05) is 0 Å². The van der Waals surface area contributed by atoms with Crippen LogP contribution in [0.4, 0.5) is 0 Å². The number of benzene rings is 4. The summed E-state index contributed by atoms with van der Waals surface area (Å²) < 4.78 is 6.04. The Morgan fingerprint density at radius 1 is 0.426 bits per heavy atom. The monoisotopic (exact) mass is 942 g/mol. The average molecular weight is 947 g/mol. The molecule has 4 rings (SSSR count). The minimum atomic E-state index is 0. The molecule has 0 aliphatic carbocycles. The molecule has 0 saturated heterocycles. The van der Waals surface area contributed by atoms with Gasteiger partial charge >= 0.3 is 18.9 Å². The summed E-state index contributed by atoms with van der Waals surface area (Å²) in [6, 6.07) is 9.13. The number of hydrogen-bond acceptors (Lipinski definition) is 0. The predicted octanol–water partition coefficient (Wildman–Crippen LogP) is 10.0. The molecule has 7 heteroatoms. The molecule has 0 aliphatic rings. The maximum Gasteiger partial charge on any atom is 1.00 e. The average Bonchev–Trinajstić information content (AvgIpc) is 2.99. The Hall–Kier alpha value is -0.0577. The topological polar surface area (TPSA) is 0 Å². The van der Waals surface area contributed by atoms with Crippen LogP contribution in [0.15, 0.2) is 46.6 Å². The maximum atomic E-state index is 3.89. The summed E-state index contributed by atoms with van der Waals surface area (Å²) in [7, 11) is 0. The molecule has 0 fully saturated rings. The Bertz CT molecular complexity index is 1560. The van der Waals surface area contributed by atoms with Gasteiger partial charge in [-0.25, -0.2) is 0 Å². The van der Waals surface area contributed by atoms with Crippen molar-refractivity contribution in [2.45, 2.75) is 103 Å². The molecule has 0 bridgehead atoms. The molecular formula is C40H49BBr5Li. The fourth-order valence-corrected chi connectivity index (χ4v) is 8.31. The third-order valence-electron chi connectivity index (χ3n) is 8.82. The largest absolute Gasteiger partial charge is 1.00 e. The molecule has 0 atom stereocenters. The molecule has 248 valence electrons. The summed E-state index contributed by atoms with van der Waals surface area (Å²) in [6.07, 6.45) is 2.28. The fourth-order valence-electron chi connectivity index (χ4n) is 6.43. The van der Waals surface area contributed by atoms with Gasteiger partial charge in [-0.1, -0.05) is 150 Å². The third-order valence-corrected chi connectivity index (χ3v) is 14.9. The van der Waals surface area contributed by atoms with Gasteiger partial charge in [0.05, 0.1) is 0 Å². The van der Waals surface area contributed by atoms with Crippen LogP contribution in [0, 0.1) is 90.0 Å². The van der Waals surface area contributed by atoms with E-state index in [9.17, 15) is 0 Å². The van der Waals surface area contributed by atoms with E-state index < -0.39 is 0 Å². The molecule has 0 N–H and O–H groups in total. The van der Waals surface area contributed by atoms with Crippen molar-refractivity contribution in [2.75, 3.05) is 0 Å². The summed E-state index contributed by atoms with van der Waals surface area (Å²) in [4.78, 5) is 0. The molecule has 4 aromatic rings. The summed E-state index contributed by atoms with van der Waals surface area (Å²) in [5.74, 6) is 0. The zero-order valence-corrected chi connectivity index (χ0v) is 38.8. The quantitative estimate of drug-likeness (QED) is 0.141. The van der Waals surface area contributed by atoms with E-state index >= 15 is 0 Å². The van der Waals surface area contributed by atoms with Gasteiger partial charge in [0.25, 0.3) is 0 Å². The van der Waals surface area contributed by atoms with Crippen LogP contribution in [0.25, 0.3) is 0 Å². The van der Waals surface area contributed by atoms with Crippen molar-refractivity contribution in [3.8, 4) is 0 Å². The van der Waals surface area contributed by atoms with Crippen molar-refractivity contribution in [3.05, 3.63) is 120 Å². The van der Waals surface area contributed by atoms with Crippen LogP contribution in [0.5, 0.6) is 0 Å². The summed E-state index contributed by atoms with van der Waals surface area (Å²) >= 11 is 18.7. The van der Waals surface area contributed by atoms with Crippen LogP contribution in [-0.4, -0.2) is 6.71 Å². The molecule has 0 unspecified atom stereocenters. The SMILES string of the molecule is Cc1cc(C)c(B(c2c(C)cc(C)c(Br)c2C)c2c(C)cc(C)c(Br)c2C)c(C)c1Br.Cc1cc(C)c(Br)c(C)c1Br.[CH2-]CCC.[Li+]. The van der Waals surface area contributed by atoms with Gasteiger partial charge in [0.15, 0.2) is 0 Å². The molecule has 0 spiro atoms. The summed E-state index contributed by atoms with van der Waals surface area (Å²) in [5, 5.41) is 0. The Balaban J connectivity index is 0.000000573. The van der Waals surface area contributed by atoms with Crippen LogP contribution in [-0.2, 0) is 0 Å². The zero-order valence-electron chi connectivity index (χ0n) is 30.9. The van der Waals surface area contributed by atoms with Crippen molar-refractivity contribution < 1.29 is 18.9 Å². The van der Waals surface area contributed by atoms with Gasteiger partial charge in [-0.3, -0.25) is 0 Å². The second-order valence-corrected chi connectivity index (χ2v) is 16.6. The normalized spacial score (nSPS) is 10.4. The van der Waals surface area contributed by atoms with Gasteiger partial charge < -0.3 is 6.92 Å². The Morgan fingerprint density at radius 2 is 0.617 bits per heavy atom. The van der Waals surface area contributed by atoms with Gasteiger partial charge in [-0.05, 0) is 133 Å². The van der Waals surface area contributed by atoms with E-state index in [1.54, 1.807) is 0 Å². The van der Waals surface area contributed by atoms with Crippen molar-refractivity contribution in [1.29, 1.82) is 0 Å². The first kappa shape index (κ1) is 45.0. The first-order valence-corrected chi connectivity index (χ1v) is 19.8. The van der Waals surface area contributed by atoms with E-state index in [4.69, 9.17) is 0 Å². The molecule has 0 aliphatic heterocycles. The third kappa shape index (κ3) is 10.3. The van der Waals surface area contributed by atoms with Crippen molar-refractivity contribution in [3.63, 3.8) is 0 Å². The van der Waals surface area contributed by atoms with E-state index in [-0.39, 0.29) is 25.6 Å². The van der Waals surface area contributed by atoms with Crippen LogP contribution in [0.1, 0.15) is 86.5 Å². The van der Waals surface area contributed by atoms with Gasteiger partial charge in [0.1, 0.15) is 0 Å². The van der Waals surface area contributed by atoms with Gasteiger partial charge in [-0.2, -0.15) is 6.42 Å². The number of rotatable bonds is 4. The van der Waals surface area contributed by atoms with Crippen LogP contribution >= 0.6 is 79.6 Å². The first-order valence-electron chi connectivity index (χ1n) is 15.8.